The van der Waals surface area contributed by atoms with Crippen molar-refractivity contribution in [2.75, 3.05) is 13.1 Å². The van der Waals surface area contributed by atoms with Gasteiger partial charge in [0.25, 0.3) is 0 Å². The fourth-order valence-electron chi connectivity index (χ4n) is 2.80. The number of nitrogens with zero attached hydrogens (tertiary/aromatic N) is 1. The van der Waals surface area contributed by atoms with E-state index in [0.29, 0.717) is 0 Å². The van der Waals surface area contributed by atoms with Crippen LogP contribution in [0.1, 0.15) is 46.5 Å². The van der Waals surface area contributed by atoms with Gasteiger partial charge in [0, 0.05) is 18.1 Å². The minimum Gasteiger partial charge on any atom is -0.312 e. The molecule has 1 N–H and O–H groups in total. The molecule has 1 rings (SSSR count). The Morgan fingerprint density at radius 3 is 2.44 bits per heavy atom. The molecule has 1 aliphatic carbocycles. The molecule has 108 valence electrons. The summed E-state index contributed by atoms with van der Waals surface area (Å²) >= 11 is 0. The van der Waals surface area contributed by atoms with Crippen LogP contribution in [-0.2, 0) is 0 Å². The first-order chi connectivity index (χ1) is 8.35. The van der Waals surface area contributed by atoms with Crippen LogP contribution in [0.3, 0.4) is 0 Å². The predicted octanol–water partition coefficient (Wildman–Crippen LogP) is 3.18. The van der Waals surface area contributed by atoms with Crippen molar-refractivity contribution in [2.24, 2.45) is 0 Å². The molecule has 0 spiro atoms. The Bertz CT molecular complexity index is 241. The van der Waals surface area contributed by atoms with Gasteiger partial charge in [-0.2, -0.15) is 13.2 Å². The van der Waals surface area contributed by atoms with E-state index in [9.17, 15) is 13.2 Å². The van der Waals surface area contributed by atoms with Crippen LogP contribution in [0.2, 0.25) is 0 Å². The number of hydrogen-bond acceptors (Lipinski definition) is 2. The fraction of sp³-hybridized carbons (Fsp3) is 1.00. The van der Waals surface area contributed by atoms with E-state index in [0.717, 1.165) is 32.2 Å². The van der Waals surface area contributed by atoms with Crippen molar-refractivity contribution in [3.63, 3.8) is 0 Å². The monoisotopic (exact) mass is 266 g/mol. The molecule has 0 bridgehead atoms. The van der Waals surface area contributed by atoms with Gasteiger partial charge in [0.1, 0.15) is 0 Å². The average Bonchev–Trinajstić information content (AvgIpc) is 2.69. The molecule has 2 atom stereocenters. The molecular formula is C13H25F3N2. The number of alkyl halides is 3. The van der Waals surface area contributed by atoms with Crippen molar-refractivity contribution in [1.82, 2.24) is 10.2 Å². The summed E-state index contributed by atoms with van der Waals surface area (Å²) in [5.41, 5.74) is 0. The van der Waals surface area contributed by atoms with E-state index in [-0.39, 0.29) is 18.1 Å². The molecule has 0 amide bonds. The molecule has 2 unspecified atom stereocenters. The largest absolute Gasteiger partial charge is 0.401 e. The van der Waals surface area contributed by atoms with E-state index in [2.05, 4.69) is 12.2 Å². The lowest BCUT2D eigenvalue weighted by Gasteiger charge is -2.37. The highest BCUT2D eigenvalue weighted by Gasteiger charge is 2.39. The first-order valence-electron chi connectivity index (χ1n) is 6.91. The molecule has 0 radical (unpaired) electrons. The van der Waals surface area contributed by atoms with Crippen molar-refractivity contribution in [2.45, 2.75) is 70.8 Å². The Hall–Kier alpha value is -0.290. The van der Waals surface area contributed by atoms with Crippen LogP contribution in [0.15, 0.2) is 0 Å². The van der Waals surface area contributed by atoms with Crippen LogP contribution >= 0.6 is 0 Å². The Balaban J connectivity index is 2.65. The van der Waals surface area contributed by atoms with Gasteiger partial charge in [0.2, 0.25) is 0 Å². The van der Waals surface area contributed by atoms with Gasteiger partial charge < -0.3 is 5.32 Å². The van der Waals surface area contributed by atoms with Gasteiger partial charge in [0.05, 0.1) is 6.54 Å². The normalized spacial score (nSPS) is 25.3. The highest BCUT2D eigenvalue weighted by atomic mass is 19.4. The number of hydrogen-bond donors (Lipinski definition) is 1. The molecule has 0 aromatic carbocycles. The highest BCUT2D eigenvalue weighted by molar-refractivity contribution is 4.92. The van der Waals surface area contributed by atoms with Crippen LogP contribution < -0.4 is 5.32 Å². The maximum Gasteiger partial charge on any atom is 0.401 e. The number of rotatable bonds is 6. The van der Waals surface area contributed by atoms with Crippen molar-refractivity contribution < 1.29 is 13.2 Å². The minimum atomic E-state index is -4.11. The molecule has 1 fully saturated rings. The summed E-state index contributed by atoms with van der Waals surface area (Å²) in [4.78, 5) is 1.61. The second kappa shape index (κ2) is 6.75. The van der Waals surface area contributed by atoms with Crippen molar-refractivity contribution >= 4 is 0 Å². The Morgan fingerprint density at radius 1 is 1.28 bits per heavy atom. The second-order valence-electron chi connectivity index (χ2n) is 5.44. The highest BCUT2D eigenvalue weighted by Crippen LogP contribution is 2.29. The lowest BCUT2D eigenvalue weighted by atomic mass is 10.1. The molecule has 0 saturated heterocycles. The average molecular weight is 266 g/mol. The Kier molecular flexibility index (Phi) is 5.92. The third kappa shape index (κ3) is 4.76. The summed E-state index contributed by atoms with van der Waals surface area (Å²) in [5.74, 6) is 0. The Labute approximate surface area is 108 Å². The molecule has 1 aliphatic rings. The summed E-state index contributed by atoms with van der Waals surface area (Å²) in [7, 11) is 0. The zero-order chi connectivity index (χ0) is 13.8. The van der Waals surface area contributed by atoms with Gasteiger partial charge in [-0.05, 0) is 39.7 Å². The van der Waals surface area contributed by atoms with Crippen LogP contribution in [0.25, 0.3) is 0 Å². The van der Waals surface area contributed by atoms with E-state index in [1.807, 2.05) is 13.8 Å². The van der Waals surface area contributed by atoms with Crippen molar-refractivity contribution in [3.8, 4) is 0 Å². The molecule has 0 heterocycles. The van der Waals surface area contributed by atoms with Crippen LogP contribution in [0.4, 0.5) is 13.2 Å². The third-order valence-corrected chi connectivity index (χ3v) is 3.59. The molecule has 0 aromatic heterocycles. The second-order valence-corrected chi connectivity index (χ2v) is 5.44. The van der Waals surface area contributed by atoms with Gasteiger partial charge in [-0.1, -0.05) is 13.3 Å². The van der Waals surface area contributed by atoms with Gasteiger partial charge in [-0.3, -0.25) is 4.90 Å². The van der Waals surface area contributed by atoms with Gasteiger partial charge in [-0.25, -0.2) is 0 Å². The molecule has 0 aromatic rings. The predicted molar refractivity (Wildman–Crippen MR) is 67.6 cm³/mol. The molecule has 1 saturated carbocycles. The lowest BCUT2D eigenvalue weighted by Crippen LogP contribution is -2.52. The quantitative estimate of drug-likeness (QED) is 0.794. The number of halogens is 3. The maximum absolute atomic E-state index is 12.6. The van der Waals surface area contributed by atoms with Crippen molar-refractivity contribution in [1.29, 1.82) is 0 Å². The van der Waals surface area contributed by atoms with E-state index >= 15 is 0 Å². The standard InChI is InChI=1S/C13H25F3N2/c1-4-8-17-11-6-5-7-12(11)18(10(2)3)9-13(14,15)16/h10-12,17H,4-9H2,1-3H3. The van der Waals surface area contributed by atoms with Gasteiger partial charge >= 0.3 is 6.18 Å². The molecule has 2 nitrogen and oxygen atoms in total. The fourth-order valence-corrected chi connectivity index (χ4v) is 2.80. The number of nitrogens with one attached hydrogen (secondary N) is 1. The van der Waals surface area contributed by atoms with Gasteiger partial charge in [-0.15, -0.1) is 0 Å². The lowest BCUT2D eigenvalue weighted by molar-refractivity contribution is -0.155. The molecule has 5 heteroatoms. The molecule has 0 aliphatic heterocycles. The summed E-state index contributed by atoms with van der Waals surface area (Å²) in [6, 6.07) is 0.175. The summed E-state index contributed by atoms with van der Waals surface area (Å²) < 4.78 is 37.9. The van der Waals surface area contributed by atoms with Crippen LogP contribution in [0, 0.1) is 0 Å². The van der Waals surface area contributed by atoms with E-state index < -0.39 is 12.7 Å². The summed E-state index contributed by atoms with van der Waals surface area (Å²) in [6.45, 7) is 5.87. The SMILES string of the molecule is CCCNC1CCCC1N(CC(F)(F)F)C(C)C. The third-order valence-electron chi connectivity index (χ3n) is 3.59. The van der Waals surface area contributed by atoms with Gasteiger partial charge in [0.15, 0.2) is 0 Å². The first-order valence-corrected chi connectivity index (χ1v) is 6.91. The van der Waals surface area contributed by atoms with Crippen LogP contribution in [-0.4, -0.2) is 42.3 Å². The first kappa shape index (κ1) is 15.8. The molecular weight excluding hydrogens is 241 g/mol. The van der Waals surface area contributed by atoms with Crippen molar-refractivity contribution in [3.05, 3.63) is 0 Å². The van der Waals surface area contributed by atoms with Crippen LogP contribution in [0.5, 0.6) is 0 Å². The maximum atomic E-state index is 12.6. The summed E-state index contributed by atoms with van der Waals surface area (Å²) in [6.07, 6.45) is -0.207. The molecule has 18 heavy (non-hydrogen) atoms. The zero-order valence-electron chi connectivity index (χ0n) is 11.6. The van der Waals surface area contributed by atoms with E-state index in [1.54, 1.807) is 4.90 Å². The topological polar surface area (TPSA) is 15.3 Å². The van der Waals surface area contributed by atoms with E-state index in [1.165, 1.54) is 0 Å². The zero-order valence-corrected chi connectivity index (χ0v) is 11.6. The van der Waals surface area contributed by atoms with E-state index in [4.69, 9.17) is 0 Å². The summed E-state index contributed by atoms with van der Waals surface area (Å²) in [5, 5.41) is 3.39. The smallest absolute Gasteiger partial charge is 0.312 e. The Morgan fingerprint density at radius 2 is 1.94 bits per heavy atom. The minimum absolute atomic E-state index is 0.0261.